The number of pyridine rings is 1. The van der Waals surface area contributed by atoms with Gasteiger partial charge in [0.15, 0.2) is 0 Å². The highest BCUT2D eigenvalue weighted by Crippen LogP contribution is 2.29. The van der Waals surface area contributed by atoms with Crippen LogP contribution in [-0.4, -0.2) is 16.1 Å². The fraction of sp³-hybridized carbons (Fsp3) is 0.0769. The number of aromatic carboxylic acids is 1. The number of carboxylic acid groups (broad SMARTS) is 1. The molecule has 0 aliphatic heterocycles. The molecule has 3 nitrogen and oxygen atoms in total. The van der Waals surface area contributed by atoms with Crippen LogP contribution >= 0.6 is 11.8 Å². The lowest BCUT2D eigenvalue weighted by atomic mass is 10.2. The highest BCUT2D eigenvalue weighted by atomic mass is 32.2. The first-order valence-corrected chi connectivity index (χ1v) is 5.91. The second-order valence-electron chi connectivity index (χ2n) is 3.55. The van der Waals surface area contributed by atoms with Gasteiger partial charge in [0.25, 0.3) is 0 Å². The van der Waals surface area contributed by atoms with Crippen molar-refractivity contribution in [1.82, 2.24) is 4.98 Å². The van der Waals surface area contributed by atoms with Crippen LogP contribution in [-0.2, 0) is 0 Å². The number of rotatable bonds is 3. The van der Waals surface area contributed by atoms with Gasteiger partial charge in [-0.25, -0.2) is 9.78 Å². The van der Waals surface area contributed by atoms with Crippen molar-refractivity contribution in [3.8, 4) is 0 Å². The van der Waals surface area contributed by atoms with Gasteiger partial charge in [-0.1, -0.05) is 30.0 Å². The first kappa shape index (κ1) is 11.7. The van der Waals surface area contributed by atoms with Crippen molar-refractivity contribution in [2.24, 2.45) is 0 Å². The maximum absolute atomic E-state index is 10.7. The zero-order valence-electron chi connectivity index (χ0n) is 9.25. The Balaban J connectivity index is 2.20. The van der Waals surface area contributed by atoms with Crippen molar-refractivity contribution >= 4 is 17.7 Å². The fourth-order valence-electron chi connectivity index (χ4n) is 1.37. The smallest absolute Gasteiger partial charge is 0.354 e. The number of nitrogens with zero attached hydrogens (tertiary/aromatic N) is 1. The second-order valence-corrected chi connectivity index (χ2v) is 4.67. The van der Waals surface area contributed by atoms with Crippen LogP contribution in [0.1, 0.15) is 16.1 Å². The van der Waals surface area contributed by atoms with E-state index in [2.05, 4.69) is 4.98 Å². The molecular weight excluding hydrogens is 234 g/mol. The monoisotopic (exact) mass is 245 g/mol. The van der Waals surface area contributed by atoms with Crippen LogP contribution < -0.4 is 0 Å². The van der Waals surface area contributed by atoms with Gasteiger partial charge in [0, 0.05) is 16.0 Å². The Bertz CT molecular complexity index is 537. The first-order chi connectivity index (χ1) is 8.16. The van der Waals surface area contributed by atoms with Crippen LogP contribution in [0.4, 0.5) is 0 Å². The zero-order valence-corrected chi connectivity index (χ0v) is 10.1. The molecule has 0 aliphatic carbocycles. The van der Waals surface area contributed by atoms with Crippen LogP contribution in [0.25, 0.3) is 0 Å². The molecule has 1 heterocycles. The predicted molar refractivity (Wildman–Crippen MR) is 66.5 cm³/mol. The second kappa shape index (κ2) is 5.01. The summed E-state index contributed by atoms with van der Waals surface area (Å²) < 4.78 is 0. The van der Waals surface area contributed by atoms with Gasteiger partial charge >= 0.3 is 5.97 Å². The minimum absolute atomic E-state index is 0.0686. The Morgan fingerprint density at radius 1 is 1.24 bits per heavy atom. The molecule has 0 unspecified atom stereocenters. The van der Waals surface area contributed by atoms with Crippen LogP contribution in [0.3, 0.4) is 0 Å². The summed E-state index contributed by atoms with van der Waals surface area (Å²) in [5, 5.41) is 8.74. The van der Waals surface area contributed by atoms with Crippen LogP contribution in [0.5, 0.6) is 0 Å². The van der Waals surface area contributed by atoms with Gasteiger partial charge in [-0.15, -0.1) is 0 Å². The van der Waals surface area contributed by atoms with E-state index in [1.165, 1.54) is 11.6 Å². The van der Waals surface area contributed by atoms with Crippen molar-refractivity contribution in [3.05, 3.63) is 53.9 Å². The molecule has 0 spiro atoms. The van der Waals surface area contributed by atoms with Crippen LogP contribution in [0, 0.1) is 6.92 Å². The van der Waals surface area contributed by atoms with Gasteiger partial charge in [-0.2, -0.15) is 0 Å². The fourth-order valence-corrected chi connectivity index (χ4v) is 2.24. The molecule has 2 rings (SSSR count). The van der Waals surface area contributed by atoms with E-state index >= 15 is 0 Å². The molecule has 1 aromatic carbocycles. The zero-order chi connectivity index (χ0) is 12.3. The lowest BCUT2D eigenvalue weighted by Gasteiger charge is -2.04. The van der Waals surface area contributed by atoms with Gasteiger partial charge < -0.3 is 5.11 Å². The molecule has 0 amide bonds. The van der Waals surface area contributed by atoms with E-state index in [9.17, 15) is 4.79 Å². The number of carbonyl (C=O) groups is 1. The van der Waals surface area contributed by atoms with Gasteiger partial charge in [-0.05, 0) is 30.7 Å². The molecule has 0 radical (unpaired) electrons. The molecule has 0 saturated carbocycles. The predicted octanol–water partition coefficient (Wildman–Crippen LogP) is 3.24. The lowest BCUT2D eigenvalue weighted by Crippen LogP contribution is -1.98. The summed E-state index contributed by atoms with van der Waals surface area (Å²) in [4.78, 5) is 16.6. The maximum Gasteiger partial charge on any atom is 0.354 e. The van der Waals surface area contributed by atoms with Gasteiger partial charge in [0.05, 0.1) is 0 Å². The molecule has 1 N–H and O–H groups in total. The average Bonchev–Trinajstić information content (AvgIpc) is 2.33. The molecule has 0 saturated heterocycles. The molecular formula is C13H11NO2S. The third-order valence-electron chi connectivity index (χ3n) is 2.28. The minimum atomic E-state index is -1.00. The molecule has 0 aliphatic rings. The number of benzene rings is 1. The molecule has 86 valence electrons. The summed E-state index contributed by atoms with van der Waals surface area (Å²) in [6.07, 6.45) is 1.58. The third kappa shape index (κ3) is 2.85. The maximum atomic E-state index is 10.7. The normalized spacial score (nSPS) is 10.2. The largest absolute Gasteiger partial charge is 0.477 e. The molecule has 0 fully saturated rings. The highest BCUT2D eigenvalue weighted by molar-refractivity contribution is 7.99. The quantitative estimate of drug-likeness (QED) is 0.901. The van der Waals surface area contributed by atoms with Crippen molar-refractivity contribution in [1.29, 1.82) is 0 Å². The van der Waals surface area contributed by atoms with Crippen molar-refractivity contribution < 1.29 is 9.90 Å². The number of hydrogen-bond acceptors (Lipinski definition) is 3. The molecule has 0 bridgehead atoms. The first-order valence-electron chi connectivity index (χ1n) is 5.09. The third-order valence-corrected chi connectivity index (χ3v) is 3.43. The highest BCUT2D eigenvalue weighted by Gasteiger charge is 2.05. The SMILES string of the molecule is Cc1ccccc1Sc1ccc(C(=O)O)nc1. The standard InChI is InChI=1S/C13H11NO2S/c1-9-4-2-3-5-12(9)17-10-6-7-11(13(15)16)14-8-10/h2-8H,1H3,(H,15,16). The Morgan fingerprint density at radius 3 is 2.59 bits per heavy atom. The van der Waals surface area contributed by atoms with E-state index in [-0.39, 0.29) is 5.69 Å². The Morgan fingerprint density at radius 2 is 2.00 bits per heavy atom. The molecule has 1 aromatic heterocycles. The summed E-state index contributed by atoms with van der Waals surface area (Å²) in [7, 11) is 0. The van der Waals surface area contributed by atoms with E-state index < -0.39 is 5.97 Å². The van der Waals surface area contributed by atoms with E-state index in [0.29, 0.717) is 0 Å². The van der Waals surface area contributed by atoms with Crippen LogP contribution in [0.15, 0.2) is 52.4 Å². The molecule has 17 heavy (non-hydrogen) atoms. The Hall–Kier alpha value is -1.81. The lowest BCUT2D eigenvalue weighted by molar-refractivity contribution is 0.0690. The van der Waals surface area contributed by atoms with E-state index in [1.54, 1.807) is 24.0 Å². The van der Waals surface area contributed by atoms with Gasteiger partial charge in [0.2, 0.25) is 0 Å². The Kier molecular flexibility index (Phi) is 3.44. The van der Waals surface area contributed by atoms with Crippen molar-refractivity contribution in [3.63, 3.8) is 0 Å². The Labute approximate surface area is 104 Å². The van der Waals surface area contributed by atoms with Gasteiger partial charge in [-0.3, -0.25) is 0 Å². The molecule has 4 heteroatoms. The summed E-state index contributed by atoms with van der Waals surface area (Å²) in [5.74, 6) is -1.00. The van der Waals surface area contributed by atoms with E-state index in [0.717, 1.165) is 9.79 Å². The summed E-state index contributed by atoms with van der Waals surface area (Å²) in [6.45, 7) is 2.04. The summed E-state index contributed by atoms with van der Waals surface area (Å²) in [5.41, 5.74) is 1.26. The topological polar surface area (TPSA) is 50.2 Å². The number of aromatic nitrogens is 1. The van der Waals surface area contributed by atoms with Crippen molar-refractivity contribution in [2.45, 2.75) is 16.7 Å². The average molecular weight is 245 g/mol. The van der Waals surface area contributed by atoms with Crippen LogP contribution in [0.2, 0.25) is 0 Å². The minimum Gasteiger partial charge on any atom is -0.477 e. The van der Waals surface area contributed by atoms with Gasteiger partial charge in [0.1, 0.15) is 5.69 Å². The van der Waals surface area contributed by atoms with Crippen molar-refractivity contribution in [2.75, 3.05) is 0 Å². The van der Waals surface area contributed by atoms with E-state index in [1.807, 2.05) is 31.2 Å². The molecule has 2 aromatic rings. The number of hydrogen-bond donors (Lipinski definition) is 1. The summed E-state index contributed by atoms with van der Waals surface area (Å²) >= 11 is 1.58. The number of carboxylic acids is 1. The summed E-state index contributed by atoms with van der Waals surface area (Å²) in [6, 6.07) is 11.3. The molecule has 0 atom stereocenters. The number of aryl methyl sites for hydroxylation is 1. The van der Waals surface area contributed by atoms with E-state index in [4.69, 9.17) is 5.11 Å².